The highest BCUT2D eigenvalue weighted by Crippen LogP contribution is 2.25. The molecule has 2 fully saturated rings. The minimum absolute atomic E-state index is 0.00762. The highest BCUT2D eigenvalue weighted by Gasteiger charge is 2.35. The van der Waals surface area contributed by atoms with Gasteiger partial charge in [0.05, 0.1) is 12.3 Å². The molecule has 0 saturated carbocycles. The van der Waals surface area contributed by atoms with Crippen LogP contribution in [-0.2, 0) is 14.4 Å². The first-order chi connectivity index (χ1) is 9.99. The summed E-state index contributed by atoms with van der Waals surface area (Å²) in [7, 11) is 0. The molecule has 0 aromatic heterocycles. The Morgan fingerprint density at radius 2 is 1.86 bits per heavy atom. The summed E-state index contributed by atoms with van der Waals surface area (Å²) >= 11 is 0. The predicted octanol–water partition coefficient (Wildman–Crippen LogP) is 1.10. The van der Waals surface area contributed by atoms with E-state index in [1.165, 1.54) is 6.92 Å². The Bertz CT molecular complexity index is 424. The van der Waals surface area contributed by atoms with Crippen LogP contribution in [-0.4, -0.2) is 58.4 Å². The average molecular weight is 296 g/mol. The number of hydrogen-bond acceptors (Lipinski definition) is 3. The van der Waals surface area contributed by atoms with Crippen molar-refractivity contribution in [2.24, 2.45) is 5.92 Å². The fraction of sp³-hybridized carbons (Fsp3) is 0.800. The van der Waals surface area contributed by atoms with Gasteiger partial charge in [0.25, 0.3) is 0 Å². The molecule has 2 aliphatic rings. The molecule has 2 heterocycles. The lowest BCUT2D eigenvalue weighted by Crippen LogP contribution is -2.51. The minimum atomic E-state index is -0.853. The number of nitrogens with zero attached hydrogens (tertiary/aromatic N) is 2. The smallest absolute Gasteiger partial charge is 0.305 e. The highest BCUT2D eigenvalue weighted by atomic mass is 16.4. The second-order valence-corrected chi connectivity index (χ2v) is 6.08. The molecule has 21 heavy (non-hydrogen) atoms. The zero-order valence-corrected chi connectivity index (χ0v) is 12.6. The number of rotatable bonds is 3. The summed E-state index contributed by atoms with van der Waals surface area (Å²) in [4.78, 5) is 38.6. The van der Waals surface area contributed by atoms with E-state index in [4.69, 9.17) is 5.11 Å². The second kappa shape index (κ2) is 6.91. The maximum absolute atomic E-state index is 12.7. The molecular weight excluding hydrogens is 272 g/mol. The van der Waals surface area contributed by atoms with Gasteiger partial charge in [-0.2, -0.15) is 0 Å². The van der Waals surface area contributed by atoms with Crippen LogP contribution in [0.15, 0.2) is 0 Å². The largest absolute Gasteiger partial charge is 0.481 e. The third-order valence-electron chi connectivity index (χ3n) is 4.54. The Balaban J connectivity index is 2.02. The van der Waals surface area contributed by atoms with Crippen molar-refractivity contribution in [3.63, 3.8) is 0 Å². The van der Waals surface area contributed by atoms with Gasteiger partial charge in [-0.25, -0.2) is 0 Å². The second-order valence-electron chi connectivity index (χ2n) is 6.08. The molecule has 0 bridgehead atoms. The molecule has 2 saturated heterocycles. The van der Waals surface area contributed by atoms with Crippen LogP contribution in [0.2, 0.25) is 0 Å². The third-order valence-corrected chi connectivity index (χ3v) is 4.54. The molecule has 6 nitrogen and oxygen atoms in total. The Morgan fingerprint density at radius 3 is 2.52 bits per heavy atom. The van der Waals surface area contributed by atoms with Crippen LogP contribution in [0.3, 0.4) is 0 Å². The monoisotopic (exact) mass is 296 g/mol. The molecule has 0 aromatic rings. The SMILES string of the molecule is CC(=O)N1CCCC(C(=O)N2CCCCC2CC(=O)O)C1. The van der Waals surface area contributed by atoms with Gasteiger partial charge in [-0.15, -0.1) is 0 Å². The molecule has 2 amide bonds. The molecule has 0 aromatic carbocycles. The van der Waals surface area contributed by atoms with Crippen LogP contribution < -0.4 is 0 Å². The Labute approximate surface area is 125 Å². The van der Waals surface area contributed by atoms with E-state index in [-0.39, 0.29) is 30.2 Å². The number of likely N-dealkylation sites (tertiary alicyclic amines) is 2. The molecule has 118 valence electrons. The zero-order chi connectivity index (χ0) is 15.4. The lowest BCUT2D eigenvalue weighted by Gasteiger charge is -2.39. The van der Waals surface area contributed by atoms with Crippen LogP contribution in [0, 0.1) is 5.92 Å². The van der Waals surface area contributed by atoms with Crippen molar-refractivity contribution >= 4 is 17.8 Å². The molecule has 2 aliphatic heterocycles. The van der Waals surface area contributed by atoms with Gasteiger partial charge in [-0.05, 0) is 32.1 Å². The Morgan fingerprint density at radius 1 is 1.10 bits per heavy atom. The van der Waals surface area contributed by atoms with Crippen molar-refractivity contribution in [2.45, 2.75) is 51.5 Å². The van der Waals surface area contributed by atoms with E-state index in [1.807, 2.05) is 0 Å². The molecule has 6 heteroatoms. The highest BCUT2D eigenvalue weighted by molar-refractivity contribution is 5.81. The number of hydrogen-bond donors (Lipinski definition) is 1. The maximum Gasteiger partial charge on any atom is 0.305 e. The first-order valence-corrected chi connectivity index (χ1v) is 7.77. The lowest BCUT2D eigenvalue weighted by atomic mass is 9.92. The molecule has 0 aliphatic carbocycles. The zero-order valence-electron chi connectivity index (χ0n) is 12.6. The fourth-order valence-corrected chi connectivity index (χ4v) is 3.40. The van der Waals surface area contributed by atoms with Gasteiger partial charge in [0.15, 0.2) is 0 Å². The Hall–Kier alpha value is -1.59. The molecule has 0 spiro atoms. The summed E-state index contributed by atoms with van der Waals surface area (Å²) in [5, 5.41) is 9.00. The van der Waals surface area contributed by atoms with E-state index in [2.05, 4.69) is 0 Å². The van der Waals surface area contributed by atoms with Crippen molar-refractivity contribution in [1.82, 2.24) is 9.80 Å². The van der Waals surface area contributed by atoms with Crippen molar-refractivity contribution in [3.8, 4) is 0 Å². The van der Waals surface area contributed by atoms with E-state index in [9.17, 15) is 14.4 Å². The van der Waals surface area contributed by atoms with Crippen LogP contribution >= 0.6 is 0 Å². The number of carbonyl (C=O) groups is 3. The molecule has 0 radical (unpaired) electrons. The van der Waals surface area contributed by atoms with Gasteiger partial charge in [0.2, 0.25) is 11.8 Å². The molecular formula is C15H24N2O4. The number of carboxylic acid groups (broad SMARTS) is 1. The van der Waals surface area contributed by atoms with Crippen molar-refractivity contribution < 1.29 is 19.5 Å². The topological polar surface area (TPSA) is 77.9 Å². The summed E-state index contributed by atoms with van der Waals surface area (Å²) < 4.78 is 0. The summed E-state index contributed by atoms with van der Waals surface area (Å²) in [6.07, 6.45) is 4.33. The van der Waals surface area contributed by atoms with Gasteiger partial charge in [-0.1, -0.05) is 0 Å². The van der Waals surface area contributed by atoms with Crippen LogP contribution in [0.5, 0.6) is 0 Å². The van der Waals surface area contributed by atoms with Gasteiger partial charge in [-0.3, -0.25) is 14.4 Å². The number of aliphatic carboxylic acids is 1. The fourth-order valence-electron chi connectivity index (χ4n) is 3.40. The van der Waals surface area contributed by atoms with Gasteiger partial charge >= 0.3 is 5.97 Å². The van der Waals surface area contributed by atoms with Crippen LogP contribution in [0.1, 0.15) is 45.4 Å². The Kier molecular flexibility index (Phi) is 5.20. The summed E-state index contributed by atoms with van der Waals surface area (Å²) in [6, 6.07) is -0.184. The number of piperidine rings is 2. The van der Waals surface area contributed by atoms with Crippen molar-refractivity contribution in [1.29, 1.82) is 0 Å². The molecule has 2 atom stereocenters. The first kappa shape index (κ1) is 15.8. The normalized spacial score (nSPS) is 26.5. The first-order valence-electron chi connectivity index (χ1n) is 7.77. The van der Waals surface area contributed by atoms with Crippen molar-refractivity contribution in [3.05, 3.63) is 0 Å². The standard InChI is InChI=1S/C15H24N2O4/c1-11(18)16-7-4-5-12(10-16)15(21)17-8-3-2-6-13(17)9-14(19)20/h12-13H,2-10H2,1H3,(H,19,20). The molecule has 2 rings (SSSR count). The summed E-state index contributed by atoms with van der Waals surface area (Å²) in [5.74, 6) is -0.981. The van der Waals surface area contributed by atoms with Crippen LogP contribution in [0.25, 0.3) is 0 Å². The number of carbonyl (C=O) groups excluding carboxylic acids is 2. The third kappa shape index (κ3) is 3.95. The van der Waals surface area contributed by atoms with E-state index in [0.29, 0.717) is 13.1 Å². The summed E-state index contributed by atoms with van der Waals surface area (Å²) in [5.41, 5.74) is 0. The quantitative estimate of drug-likeness (QED) is 0.846. The van der Waals surface area contributed by atoms with Crippen LogP contribution in [0.4, 0.5) is 0 Å². The maximum atomic E-state index is 12.7. The van der Waals surface area contributed by atoms with E-state index >= 15 is 0 Å². The van der Waals surface area contributed by atoms with Gasteiger partial charge < -0.3 is 14.9 Å². The lowest BCUT2D eigenvalue weighted by molar-refractivity contribution is -0.145. The van der Waals surface area contributed by atoms with E-state index in [0.717, 1.165) is 38.6 Å². The predicted molar refractivity (Wildman–Crippen MR) is 76.6 cm³/mol. The van der Waals surface area contributed by atoms with Gasteiger partial charge in [0.1, 0.15) is 0 Å². The molecule has 1 N–H and O–H groups in total. The summed E-state index contributed by atoms with van der Waals surface area (Å²) in [6.45, 7) is 3.37. The van der Waals surface area contributed by atoms with Crippen molar-refractivity contribution in [2.75, 3.05) is 19.6 Å². The molecule has 2 unspecified atom stereocenters. The van der Waals surface area contributed by atoms with Gasteiger partial charge in [0, 0.05) is 32.6 Å². The van der Waals surface area contributed by atoms with E-state index in [1.54, 1.807) is 9.80 Å². The number of amides is 2. The minimum Gasteiger partial charge on any atom is -0.481 e. The average Bonchev–Trinajstić information content (AvgIpc) is 2.46. The number of carboxylic acids is 1. The van der Waals surface area contributed by atoms with E-state index < -0.39 is 5.97 Å².